The molecule has 3 aliphatic rings. The highest BCUT2D eigenvalue weighted by Crippen LogP contribution is 2.55. The van der Waals surface area contributed by atoms with Crippen LogP contribution in [0.1, 0.15) is 82.8 Å². The van der Waals surface area contributed by atoms with Gasteiger partial charge in [0.25, 0.3) is 0 Å². The van der Waals surface area contributed by atoms with Crippen molar-refractivity contribution in [2.45, 2.75) is 89.5 Å². The van der Waals surface area contributed by atoms with Crippen molar-refractivity contribution in [3.8, 4) is 28.5 Å². The maximum atomic E-state index is 13.9. The van der Waals surface area contributed by atoms with Crippen LogP contribution in [0.25, 0.3) is 33.2 Å². The smallest absolute Gasteiger partial charge is 0.407 e. The Hall–Kier alpha value is -6.48. The Morgan fingerprint density at radius 1 is 0.970 bits per heavy atom. The third-order valence-corrected chi connectivity index (χ3v) is 14.0. The molecule has 2 fully saturated rings. The molecule has 3 aromatic carbocycles. The molecule has 3 heterocycles. The zero-order valence-corrected chi connectivity index (χ0v) is 39.1. The van der Waals surface area contributed by atoms with E-state index in [2.05, 4.69) is 68.4 Å². The molecule has 1 unspecified atom stereocenters. The van der Waals surface area contributed by atoms with Crippen molar-refractivity contribution in [2.24, 2.45) is 16.3 Å². The Bertz CT molecular complexity index is 2640. The molecular weight excluding hydrogens is 863 g/mol. The standard InChI is InChI=1S/C48H59N9O8S/c1-7-39(56(21-8-20-49)44(58)36(54-46(60)64-4)17-22-66(6,62)63)42-50-26-37(52-42)31-11-9-30(10-12-31)32-13-14-34-24-35(16-15-33(34)23-32)38-27-51-43(53-38)40-25-48(18-19-48)28-57(40)45(59)41(29(2)3)55-47(61)65-5/h9-16,23-24,26,29,36,38-41H,7-8,17-19,21-22,25,27-28H2,1-6H3,(H,50,52)(H,51,53)(H,54,60)(H,55,61)/t36-,38?,39-,40-,41-/m0/s1. The molecule has 17 nitrogen and oxygen atoms in total. The number of aromatic nitrogens is 2. The van der Waals surface area contributed by atoms with Crippen LogP contribution in [0, 0.1) is 22.7 Å². The molecular formula is C48H59N9O8S. The number of alkyl carbamates (subject to hydrolysis) is 2. The number of nitrogens with zero attached hydrogens (tertiary/aromatic N) is 5. The quantitative estimate of drug-likeness (QED) is 0.0953. The second kappa shape index (κ2) is 19.9. The van der Waals surface area contributed by atoms with Gasteiger partial charge in [0.15, 0.2) is 0 Å². The fourth-order valence-corrected chi connectivity index (χ4v) is 9.76. The highest BCUT2D eigenvalue weighted by atomic mass is 32.2. The zero-order valence-electron chi connectivity index (χ0n) is 38.3. The van der Waals surface area contributed by atoms with Crippen LogP contribution in [0.4, 0.5) is 9.59 Å². The van der Waals surface area contributed by atoms with Crippen LogP contribution < -0.4 is 16.0 Å². The summed E-state index contributed by atoms with van der Waals surface area (Å²) in [6.45, 7) is 6.97. The van der Waals surface area contributed by atoms with Crippen molar-refractivity contribution in [1.29, 1.82) is 5.26 Å². The van der Waals surface area contributed by atoms with Gasteiger partial charge < -0.3 is 40.2 Å². The minimum Gasteiger partial charge on any atom is -0.453 e. The van der Waals surface area contributed by atoms with Crippen molar-refractivity contribution in [1.82, 2.24) is 35.7 Å². The number of nitriles is 1. The molecule has 4 N–H and O–H groups in total. The number of rotatable bonds is 17. The van der Waals surface area contributed by atoms with Crippen LogP contribution in [-0.4, -0.2) is 122 Å². The highest BCUT2D eigenvalue weighted by molar-refractivity contribution is 7.90. The molecule has 1 aromatic heterocycles. The molecule has 18 heteroatoms. The van der Waals surface area contributed by atoms with Crippen molar-refractivity contribution < 1.29 is 37.1 Å². The van der Waals surface area contributed by atoms with E-state index in [1.807, 2.05) is 49.9 Å². The first-order valence-corrected chi connectivity index (χ1v) is 24.5. The Balaban J connectivity index is 1.02. The highest BCUT2D eigenvalue weighted by Gasteiger charge is 2.56. The first-order chi connectivity index (χ1) is 31.5. The van der Waals surface area contributed by atoms with E-state index < -0.39 is 46.1 Å². The summed E-state index contributed by atoms with van der Waals surface area (Å²) >= 11 is 0. The number of sulfone groups is 1. The van der Waals surface area contributed by atoms with E-state index in [9.17, 15) is 32.9 Å². The van der Waals surface area contributed by atoms with Crippen LogP contribution in [0.2, 0.25) is 0 Å². The van der Waals surface area contributed by atoms with E-state index in [0.717, 1.165) is 77.2 Å². The Labute approximate surface area is 385 Å². The number of amides is 4. The van der Waals surface area contributed by atoms with E-state index in [0.29, 0.717) is 25.3 Å². The molecule has 1 saturated carbocycles. The summed E-state index contributed by atoms with van der Waals surface area (Å²) in [5.41, 5.74) is 4.87. The van der Waals surface area contributed by atoms with E-state index >= 15 is 0 Å². The van der Waals surface area contributed by atoms with Crippen molar-refractivity contribution in [3.05, 3.63) is 78.2 Å². The molecule has 2 aliphatic heterocycles. The van der Waals surface area contributed by atoms with Gasteiger partial charge in [-0.15, -0.1) is 0 Å². The van der Waals surface area contributed by atoms with Gasteiger partial charge in [0.2, 0.25) is 11.8 Å². The number of ether oxygens (including phenoxy) is 2. The second-order valence-electron chi connectivity index (χ2n) is 18.0. The number of aromatic amines is 1. The number of nitrogens with one attached hydrogen (secondary N) is 4. The molecule has 66 heavy (non-hydrogen) atoms. The monoisotopic (exact) mass is 921 g/mol. The number of methoxy groups -OCH3 is 2. The molecule has 7 rings (SSSR count). The largest absolute Gasteiger partial charge is 0.453 e. The van der Waals surface area contributed by atoms with E-state index in [1.54, 1.807) is 6.20 Å². The van der Waals surface area contributed by atoms with Gasteiger partial charge >= 0.3 is 12.2 Å². The molecule has 1 aliphatic carbocycles. The third kappa shape index (κ3) is 10.8. The number of H-pyrrole nitrogens is 1. The normalized spacial score (nSPS) is 18.8. The van der Waals surface area contributed by atoms with Gasteiger partial charge in [0.1, 0.15) is 33.6 Å². The van der Waals surface area contributed by atoms with Gasteiger partial charge in [0, 0.05) is 19.3 Å². The lowest BCUT2D eigenvalue weighted by Crippen LogP contribution is -2.55. The summed E-state index contributed by atoms with van der Waals surface area (Å²) in [4.78, 5) is 68.5. The molecule has 0 bridgehead atoms. The number of imidazole rings is 1. The summed E-state index contributed by atoms with van der Waals surface area (Å²) in [6.07, 6.45) is 4.55. The van der Waals surface area contributed by atoms with Gasteiger partial charge in [-0.05, 0) is 88.6 Å². The fraction of sp³-hybridized carbons (Fsp3) is 0.479. The van der Waals surface area contributed by atoms with Crippen LogP contribution in [-0.2, 0) is 28.9 Å². The molecule has 0 radical (unpaired) electrons. The average molecular weight is 922 g/mol. The predicted molar refractivity (Wildman–Crippen MR) is 250 cm³/mol. The summed E-state index contributed by atoms with van der Waals surface area (Å²) in [5.74, 6) is 0.210. The summed E-state index contributed by atoms with van der Waals surface area (Å²) < 4.78 is 33.5. The van der Waals surface area contributed by atoms with Gasteiger partial charge in [0.05, 0.1) is 69.0 Å². The SMILES string of the molecule is CC[C@@H](c1ncc(-c2ccc(-c3ccc4cc(C5CN=C([C@@H]6CC7(CC7)CN6C(=O)[C@@H](NC(=O)OC)C(C)C)N5)ccc4c3)cc2)[nH]1)N(CCC#N)C(=O)[C@H](CCS(C)(=O)=O)NC(=O)OC. The van der Waals surface area contributed by atoms with Gasteiger partial charge in [-0.25, -0.2) is 23.0 Å². The first kappa shape index (κ1) is 47.5. The predicted octanol–water partition coefficient (Wildman–Crippen LogP) is 6.05. The van der Waals surface area contributed by atoms with Gasteiger partial charge in [-0.3, -0.25) is 14.6 Å². The number of carbonyl (C=O) groups excluding carboxylic acids is 4. The van der Waals surface area contributed by atoms with E-state index in [4.69, 9.17) is 14.5 Å². The van der Waals surface area contributed by atoms with Crippen molar-refractivity contribution in [2.75, 3.05) is 45.9 Å². The molecule has 5 atom stereocenters. The number of hydrogen-bond acceptors (Lipinski definition) is 12. The average Bonchev–Trinajstić information content (AvgIpc) is 3.63. The van der Waals surface area contributed by atoms with Crippen molar-refractivity contribution >= 4 is 50.4 Å². The fourth-order valence-electron chi connectivity index (χ4n) is 9.10. The lowest BCUT2D eigenvalue weighted by atomic mass is 9.97. The van der Waals surface area contributed by atoms with Crippen LogP contribution >= 0.6 is 0 Å². The lowest BCUT2D eigenvalue weighted by Gasteiger charge is -2.32. The minimum atomic E-state index is -3.45. The van der Waals surface area contributed by atoms with Crippen LogP contribution in [0.3, 0.4) is 0 Å². The molecule has 1 saturated heterocycles. The molecule has 4 amide bonds. The summed E-state index contributed by atoms with van der Waals surface area (Å²) in [7, 11) is -0.996. The number of carbonyl (C=O) groups is 4. The van der Waals surface area contributed by atoms with Crippen LogP contribution in [0.5, 0.6) is 0 Å². The number of benzene rings is 3. The van der Waals surface area contributed by atoms with E-state index in [1.165, 1.54) is 12.0 Å². The number of likely N-dealkylation sites (tertiary alicyclic amines) is 1. The van der Waals surface area contributed by atoms with E-state index in [-0.39, 0.29) is 54.5 Å². The lowest BCUT2D eigenvalue weighted by molar-refractivity contribution is -0.136. The summed E-state index contributed by atoms with van der Waals surface area (Å²) in [6, 6.07) is 20.2. The maximum Gasteiger partial charge on any atom is 0.407 e. The Morgan fingerprint density at radius 3 is 2.29 bits per heavy atom. The molecule has 1 spiro atoms. The number of fused-ring (bicyclic) bond motifs is 1. The van der Waals surface area contributed by atoms with Crippen LogP contribution in [0.15, 0.2) is 71.9 Å². The minimum absolute atomic E-state index is 0.0157. The first-order valence-electron chi connectivity index (χ1n) is 22.4. The Morgan fingerprint density at radius 2 is 1.64 bits per heavy atom. The topological polar surface area (TPSA) is 228 Å². The third-order valence-electron chi connectivity index (χ3n) is 13.0. The molecule has 350 valence electrons. The van der Waals surface area contributed by atoms with Gasteiger partial charge in [-0.2, -0.15) is 5.26 Å². The number of amidine groups is 1. The second-order valence-corrected chi connectivity index (χ2v) is 20.3. The number of hydrogen-bond donors (Lipinski definition) is 4. The molecule has 4 aromatic rings. The Kier molecular flexibility index (Phi) is 14.4. The zero-order chi connectivity index (χ0) is 47.3. The number of aliphatic imine (C=N–C) groups is 1. The van der Waals surface area contributed by atoms with Gasteiger partial charge in [-0.1, -0.05) is 69.3 Å². The maximum absolute atomic E-state index is 13.9. The van der Waals surface area contributed by atoms with Crippen molar-refractivity contribution in [3.63, 3.8) is 0 Å². The summed E-state index contributed by atoms with van der Waals surface area (Å²) in [5, 5.41) is 20.5.